The van der Waals surface area contributed by atoms with Crippen molar-refractivity contribution in [2.24, 2.45) is 5.73 Å². The number of benzene rings is 1. The highest BCUT2D eigenvalue weighted by atomic mass is 16.5. The number of nitrogens with two attached hydrogens (primary N) is 1. The molecule has 2 aliphatic rings. The van der Waals surface area contributed by atoms with Crippen LogP contribution in [0, 0.1) is 11.3 Å². The highest BCUT2D eigenvalue weighted by molar-refractivity contribution is 5.90. The molecule has 0 radical (unpaired) electrons. The van der Waals surface area contributed by atoms with Gasteiger partial charge in [-0.05, 0) is 56.2 Å². The van der Waals surface area contributed by atoms with E-state index in [1.54, 1.807) is 7.11 Å². The Morgan fingerprint density at radius 2 is 2.00 bits per heavy atom. The number of esters is 1. The average Bonchev–Trinajstić information content (AvgIpc) is 3.21. The fraction of sp³-hybridized carbons (Fsp3) is 0.524. The second kappa shape index (κ2) is 7.91. The van der Waals surface area contributed by atoms with Crippen LogP contribution in [0.1, 0.15) is 50.5 Å². The molecule has 1 fully saturated rings. The van der Waals surface area contributed by atoms with Gasteiger partial charge in [-0.2, -0.15) is 5.26 Å². The number of carbonyl (C=O) groups is 1. The minimum absolute atomic E-state index is 0.180. The third-order valence-corrected chi connectivity index (χ3v) is 5.65. The van der Waals surface area contributed by atoms with Crippen LogP contribution in [-0.2, 0) is 14.9 Å². The van der Waals surface area contributed by atoms with E-state index in [1.165, 1.54) is 20.0 Å². The van der Waals surface area contributed by atoms with Gasteiger partial charge in [0.05, 0.1) is 37.4 Å². The minimum Gasteiger partial charge on any atom is -0.493 e. The van der Waals surface area contributed by atoms with E-state index in [2.05, 4.69) is 6.07 Å². The number of nitriles is 1. The molecule has 2 aliphatic carbocycles. The number of hydrogen-bond donors (Lipinski definition) is 1. The van der Waals surface area contributed by atoms with E-state index in [-0.39, 0.29) is 12.5 Å². The molecule has 0 aliphatic heterocycles. The van der Waals surface area contributed by atoms with Gasteiger partial charge in [-0.3, -0.25) is 0 Å². The lowest BCUT2D eigenvalue weighted by Gasteiger charge is -2.33. The molecule has 6 heteroatoms. The predicted molar refractivity (Wildman–Crippen MR) is 100 cm³/mol. The summed E-state index contributed by atoms with van der Waals surface area (Å²) in [5, 5.41) is 10.0. The summed E-state index contributed by atoms with van der Waals surface area (Å²) in [6, 6.07) is 8.02. The Morgan fingerprint density at radius 1 is 1.26 bits per heavy atom. The molecule has 0 spiro atoms. The first-order valence-electron chi connectivity index (χ1n) is 9.35. The van der Waals surface area contributed by atoms with Gasteiger partial charge in [0.25, 0.3) is 0 Å². The summed E-state index contributed by atoms with van der Waals surface area (Å²) in [5.41, 5.74) is 6.88. The van der Waals surface area contributed by atoms with Crippen LogP contribution in [-0.4, -0.2) is 26.3 Å². The van der Waals surface area contributed by atoms with Gasteiger partial charge < -0.3 is 19.9 Å². The number of hydrogen-bond acceptors (Lipinski definition) is 6. The van der Waals surface area contributed by atoms with Gasteiger partial charge in [-0.15, -0.1) is 0 Å². The highest BCUT2D eigenvalue weighted by Crippen LogP contribution is 2.44. The molecule has 27 heavy (non-hydrogen) atoms. The zero-order valence-corrected chi connectivity index (χ0v) is 15.9. The molecule has 1 aromatic carbocycles. The smallest absolute Gasteiger partial charge is 0.335 e. The van der Waals surface area contributed by atoms with Crippen LogP contribution in [0.4, 0.5) is 0 Å². The number of rotatable bonds is 5. The van der Waals surface area contributed by atoms with Gasteiger partial charge in [-0.1, -0.05) is 6.07 Å². The van der Waals surface area contributed by atoms with Crippen molar-refractivity contribution in [3.8, 4) is 17.6 Å². The monoisotopic (exact) mass is 370 g/mol. The lowest BCUT2D eigenvalue weighted by Crippen LogP contribution is -2.33. The Bertz CT molecular complexity index is 790. The molecule has 6 nitrogen and oxygen atoms in total. The van der Waals surface area contributed by atoms with Crippen molar-refractivity contribution in [3.05, 3.63) is 35.0 Å². The predicted octanol–water partition coefficient (Wildman–Crippen LogP) is 3.35. The zero-order valence-electron chi connectivity index (χ0n) is 15.9. The summed E-state index contributed by atoms with van der Waals surface area (Å²) in [5.74, 6) is 0.833. The van der Waals surface area contributed by atoms with E-state index in [4.69, 9.17) is 19.9 Å². The Kier molecular flexibility index (Phi) is 5.59. The molecule has 1 aromatic rings. The van der Waals surface area contributed by atoms with Crippen LogP contribution in [0.2, 0.25) is 0 Å². The van der Waals surface area contributed by atoms with E-state index in [1.807, 2.05) is 18.2 Å². The van der Waals surface area contributed by atoms with Crippen molar-refractivity contribution in [2.75, 3.05) is 14.2 Å². The number of carbonyl (C=O) groups excluding carboxylic acids is 1. The molecule has 0 amide bonds. The van der Waals surface area contributed by atoms with Gasteiger partial charge in [0.2, 0.25) is 0 Å². The first-order chi connectivity index (χ1) is 13.0. The summed E-state index contributed by atoms with van der Waals surface area (Å²) in [7, 11) is 2.93. The molecule has 0 bridgehead atoms. The lowest BCUT2D eigenvalue weighted by molar-refractivity contribution is -0.136. The Balaban J connectivity index is 1.95. The van der Waals surface area contributed by atoms with E-state index < -0.39 is 11.4 Å². The van der Waals surface area contributed by atoms with Gasteiger partial charge in [-0.25, -0.2) is 4.79 Å². The maximum atomic E-state index is 12.1. The van der Waals surface area contributed by atoms with Crippen LogP contribution < -0.4 is 15.2 Å². The second-order valence-electron chi connectivity index (χ2n) is 7.26. The van der Waals surface area contributed by atoms with Crippen molar-refractivity contribution in [2.45, 2.75) is 56.5 Å². The van der Waals surface area contributed by atoms with Gasteiger partial charge in [0, 0.05) is 12.1 Å². The third kappa shape index (κ3) is 3.73. The maximum absolute atomic E-state index is 12.1. The van der Waals surface area contributed by atoms with Crippen LogP contribution in [0.3, 0.4) is 0 Å². The molecule has 1 saturated carbocycles. The molecule has 144 valence electrons. The van der Waals surface area contributed by atoms with Crippen molar-refractivity contribution in [1.82, 2.24) is 0 Å². The third-order valence-electron chi connectivity index (χ3n) is 5.65. The first kappa shape index (κ1) is 19.1. The Morgan fingerprint density at radius 3 is 2.63 bits per heavy atom. The fourth-order valence-electron chi connectivity index (χ4n) is 3.99. The molecule has 2 N–H and O–H groups in total. The number of nitrogens with zero attached hydrogens (tertiary/aromatic N) is 1. The summed E-state index contributed by atoms with van der Waals surface area (Å²) < 4.78 is 16.5. The SMILES string of the molecule is COC(=O)C1=C(N)CCC(C#N)(c2ccc(OC)c(OC3CCCC3)c2)C1. The standard InChI is InChI=1S/C21H26N2O4/c1-25-18-8-7-14(11-19(18)27-15-5-3-4-6-15)21(13-22)10-9-17(23)16(12-21)20(24)26-2/h7-8,11,15H,3-6,9-10,12,23H2,1-2H3. The van der Waals surface area contributed by atoms with Crippen LogP contribution in [0.5, 0.6) is 11.5 Å². The second-order valence-corrected chi connectivity index (χ2v) is 7.26. The van der Waals surface area contributed by atoms with Gasteiger partial charge >= 0.3 is 5.97 Å². The van der Waals surface area contributed by atoms with Crippen molar-refractivity contribution in [1.29, 1.82) is 5.26 Å². The average molecular weight is 370 g/mol. The summed E-state index contributed by atoms with van der Waals surface area (Å²) in [6.45, 7) is 0. The number of ether oxygens (including phenoxy) is 3. The molecule has 0 heterocycles. The first-order valence-corrected chi connectivity index (χ1v) is 9.35. The van der Waals surface area contributed by atoms with E-state index in [0.717, 1.165) is 18.4 Å². The topological polar surface area (TPSA) is 94.6 Å². The molecule has 0 saturated heterocycles. The van der Waals surface area contributed by atoms with Gasteiger partial charge in [0.15, 0.2) is 11.5 Å². The van der Waals surface area contributed by atoms with Crippen molar-refractivity contribution in [3.63, 3.8) is 0 Å². The van der Waals surface area contributed by atoms with Crippen molar-refractivity contribution >= 4 is 5.97 Å². The molecular formula is C21H26N2O4. The summed E-state index contributed by atoms with van der Waals surface area (Å²) >= 11 is 0. The molecule has 3 rings (SSSR count). The normalized spacial score (nSPS) is 23.0. The maximum Gasteiger partial charge on any atom is 0.335 e. The molecule has 1 unspecified atom stereocenters. The van der Waals surface area contributed by atoms with Crippen LogP contribution in [0.25, 0.3) is 0 Å². The number of methoxy groups -OCH3 is 2. The Labute approximate surface area is 159 Å². The summed E-state index contributed by atoms with van der Waals surface area (Å²) in [4.78, 5) is 12.1. The quantitative estimate of drug-likeness (QED) is 0.799. The van der Waals surface area contributed by atoms with E-state index in [0.29, 0.717) is 35.6 Å². The van der Waals surface area contributed by atoms with Crippen LogP contribution in [0.15, 0.2) is 29.5 Å². The molecular weight excluding hydrogens is 344 g/mol. The van der Waals surface area contributed by atoms with Crippen molar-refractivity contribution < 1.29 is 19.0 Å². The fourth-order valence-corrected chi connectivity index (χ4v) is 3.99. The minimum atomic E-state index is -0.841. The van der Waals surface area contributed by atoms with E-state index in [9.17, 15) is 10.1 Å². The van der Waals surface area contributed by atoms with Crippen LogP contribution >= 0.6 is 0 Å². The number of allylic oxidation sites excluding steroid dienone is 1. The summed E-state index contributed by atoms with van der Waals surface area (Å²) in [6.07, 6.45) is 5.83. The van der Waals surface area contributed by atoms with E-state index >= 15 is 0 Å². The lowest BCUT2D eigenvalue weighted by atomic mass is 9.69. The highest BCUT2D eigenvalue weighted by Gasteiger charge is 2.40. The zero-order chi connectivity index (χ0) is 19.4. The molecule has 0 aromatic heterocycles. The Hall–Kier alpha value is -2.68. The largest absolute Gasteiger partial charge is 0.493 e. The van der Waals surface area contributed by atoms with Gasteiger partial charge in [0.1, 0.15) is 0 Å². The molecule has 1 atom stereocenters.